The second kappa shape index (κ2) is 6.39. The highest BCUT2D eigenvalue weighted by Gasteiger charge is 2.49. The number of amides is 3. The Morgan fingerprint density at radius 1 is 1.17 bits per heavy atom. The van der Waals surface area contributed by atoms with E-state index in [2.05, 4.69) is 5.32 Å². The van der Waals surface area contributed by atoms with Crippen LogP contribution in [0.15, 0.2) is 11.1 Å². The van der Waals surface area contributed by atoms with Crippen molar-refractivity contribution in [1.82, 2.24) is 10.2 Å². The number of carboxylic acid groups (broad SMARTS) is 1. The summed E-state index contributed by atoms with van der Waals surface area (Å²) in [6.07, 6.45) is -0.747. The van der Waals surface area contributed by atoms with Gasteiger partial charge in [0, 0.05) is 11.1 Å². The third-order valence-corrected chi connectivity index (χ3v) is 3.49. The molecule has 8 nitrogen and oxygen atoms in total. The molecule has 2 atom stereocenters. The van der Waals surface area contributed by atoms with Crippen LogP contribution in [0.1, 0.15) is 41.5 Å². The van der Waals surface area contributed by atoms with Crippen molar-refractivity contribution in [2.75, 3.05) is 0 Å². The van der Waals surface area contributed by atoms with Gasteiger partial charge in [0.05, 0.1) is 6.04 Å². The summed E-state index contributed by atoms with van der Waals surface area (Å²) in [5.74, 6) is -2.49. The number of hydrogen-bond donors (Lipinski definition) is 2. The fourth-order valence-electron chi connectivity index (χ4n) is 2.03. The third kappa shape index (κ3) is 4.08. The second-order valence-electron chi connectivity index (χ2n) is 6.43. The van der Waals surface area contributed by atoms with Gasteiger partial charge in [0.25, 0.3) is 11.8 Å². The Bertz CT molecular complexity index is 587. The molecule has 0 unspecified atom stereocenters. The first-order valence-corrected chi connectivity index (χ1v) is 7.14. The van der Waals surface area contributed by atoms with Crippen LogP contribution >= 0.6 is 0 Å². The van der Waals surface area contributed by atoms with Crippen LogP contribution in [0.25, 0.3) is 0 Å². The van der Waals surface area contributed by atoms with Crippen LogP contribution in [0.2, 0.25) is 0 Å². The summed E-state index contributed by atoms with van der Waals surface area (Å²) in [7, 11) is 0. The molecule has 0 aliphatic carbocycles. The summed E-state index contributed by atoms with van der Waals surface area (Å²) >= 11 is 0. The van der Waals surface area contributed by atoms with Crippen molar-refractivity contribution in [3.05, 3.63) is 11.1 Å². The van der Waals surface area contributed by atoms with Gasteiger partial charge in [-0.1, -0.05) is 0 Å². The number of hydrogen-bond acceptors (Lipinski definition) is 5. The average Bonchev–Trinajstić information content (AvgIpc) is 2.41. The van der Waals surface area contributed by atoms with Crippen molar-refractivity contribution in [3.63, 3.8) is 0 Å². The number of rotatable bonds is 3. The van der Waals surface area contributed by atoms with E-state index < -0.39 is 41.6 Å². The zero-order valence-electron chi connectivity index (χ0n) is 14.1. The van der Waals surface area contributed by atoms with E-state index in [1.165, 1.54) is 13.8 Å². The van der Waals surface area contributed by atoms with Gasteiger partial charge in [0.1, 0.15) is 11.6 Å². The maximum atomic E-state index is 12.2. The van der Waals surface area contributed by atoms with E-state index in [-0.39, 0.29) is 11.1 Å². The maximum absolute atomic E-state index is 12.2. The summed E-state index contributed by atoms with van der Waals surface area (Å²) < 4.78 is 5.06. The van der Waals surface area contributed by atoms with E-state index in [0.29, 0.717) is 0 Å². The minimum Gasteiger partial charge on any atom is -0.478 e. The average molecular weight is 326 g/mol. The molecule has 3 amide bonds. The van der Waals surface area contributed by atoms with E-state index in [4.69, 9.17) is 9.84 Å². The number of carboxylic acids is 1. The van der Waals surface area contributed by atoms with Crippen LogP contribution in [0.5, 0.6) is 0 Å². The van der Waals surface area contributed by atoms with Gasteiger partial charge in [-0.25, -0.2) is 9.59 Å². The van der Waals surface area contributed by atoms with Gasteiger partial charge in [-0.15, -0.1) is 0 Å². The number of nitrogens with one attached hydrogen (secondary N) is 1. The van der Waals surface area contributed by atoms with Crippen molar-refractivity contribution >= 4 is 23.9 Å². The lowest BCUT2D eigenvalue weighted by Gasteiger charge is -2.44. The van der Waals surface area contributed by atoms with Crippen molar-refractivity contribution in [2.45, 2.75) is 59.2 Å². The Hall–Kier alpha value is -2.38. The smallest absolute Gasteiger partial charge is 0.408 e. The molecule has 0 spiro atoms. The van der Waals surface area contributed by atoms with Gasteiger partial charge in [0.2, 0.25) is 0 Å². The van der Waals surface area contributed by atoms with Crippen LogP contribution in [0.4, 0.5) is 4.79 Å². The van der Waals surface area contributed by atoms with E-state index >= 15 is 0 Å². The van der Waals surface area contributed by atoms with E-state index in [9.17, 15) is 19.2 Å². The van der Waals surface area contributed by atoms with Gasteiger partial charge in [-0.2, -0.15) is 0 Å². The van der Waals surface area contributed by atoms with Crippen LogP contribution < -0.4 is 5.32 Å². The molecule has 1 fully saturated rings. The fourth-order valence-corrected chi connectivity index (χ4v) is 2.03. The summed E-state index contributed by atoms with van der Waals surface area (Å²) in [5, 5.41) is 11.3. The largest absolute Gasteiger partial charge is 0.478 e. The molecule has 0 aromatic carbocycles. The lowest BCUT2D eigenvalue weighted by atomic mass is 9.95. The highest BCUT2D eigenvalue weighted by Crippen LogP contribution is 2.23. The molecule has 2 N–H and O–H groups in total. The molecule has 0 saturated carbocycles. The lowest BCUT2D eigenvalue weighted by molar-refractivity contribution is -0.159. The van der Waals surface area contributed by atoms with Crippen LogP contribution in [-0.4, -0.2) is 51.6 Å². The normalized spacial score (nSPS) is 22.0. The number of carbonyl (C=O) groups excluding carboxylic acids is 3. The van der Waals surface area contributed by atoms with E-state index in [0.717, 1.165) is 4.90 Å². The molecule has 1 aliphatic heterocycles. The topological polar surface area (TPSA) is 113 Å². The highest BCUT2D eigenvalue weighted by molar-refractivity contribution is 6.12. The lowest BCUT2D eigenvalue weighted by Crippen LogP contribution is -2.71. The maximum Gasteiger partial charge on any atom is 0.408 e. The molecule has 8 heteroatoms. The van der Waals surface area contributed by atoms with Gasteiger partial charge in [-0.3, -0.25) is 14.5 Å². The summed E-state index contributed by atoms with van der Waals surface area (Å²) in [6, 6.07) is -1.45. The Morgan fingerprint density at radius 2 is 1.70 bits per heavy atom. The Morgan fingerprint density at radius 3 is 2.09 bits per heavy atom. The molecule has 1 heterocycles. The molecule has 1 saturated heterocycles. The highest BCUT2D eigenvalue weighted by atomic mass is 16.6. The van der Waals surface area contributed by atoms with Crippen LogP contribution in [0, 0.1) is 0 Å². The van der Waals surface area contributed by atoms with Gasteiger partial charge >= 0.3 is 12.1 Å². The molecular formula is C15H22N2O6. The number of β-lactam (4-membered cyclic amide) rings is 1. The Kier molecular flexibility index (Phi) is 5.19. The van der Waals surface area contributed by atoms with Gasteiger partial charge in [-0.05, 0) is 41.5 Å². The fraction of sp³-hybridized carbons (Fsp3) is 0.600. The number of nitrogens with zero attached hydrogens (tertiary/aromatic N) is 1. The predicted octanol–water partition coefficient (Wildman–Crippen LogP) is 1.06. The van der Waals surface area contributed by atoms with Crippen molar-refractivity contribution in [2.24, 2.45) is 0 Å². The van der Waals surface area contributed by atoms with Crippen molar-refractivity contribution in [3.8, 4) is 0 Å². The zero-order valence-corrected chi connectivity index (χ0v) is 14.1. The molecule has 0 aromatic rings. The molecule has 1 rings (SSSR count). The first kappa shape index (κ1) is 18.7. The summed E-state index contributed by atoms with van der Waals surface area (Å²) in [6.45, 7) is 9.30. The quantitative estimate of drug-likeness (QED) is 0.592. The molecule has 23 heavy (non-hydrogen) atoms. The monoisotopic (exact) mass is 326 g/mol. The minimum absolute atomic E-state index is 0.0200. The standard InChI is InChI=1S/C15H22N2O6/c1-7(8(2)13(20)21)11(18)17-9(3)10(12(17)19)16-14(22)23-15(4,5)6/h9-10H,1-6H3,(H,16,22)(H,20,21)/b8-7+/t9-,10+/m1/s1. The van der Waals surface area contributed by atoms with E-state index in [1.54, 1.807) is 27.7 Å². The number of likely N-dealkylation sites (tertiary alicyclic amines) is 1. The SMILES string of the molecule is C/C(C(=O)O)=C(/C)C(=O)N1C(=O)[C@@H](NC(=O)OC(C)(C)C)[C@H]1C. The number of imide groups is 1. The molecular weight excluding hydrogens is 304 g/mol. The van der Waals surface area contributed by atoms with Gasteiger partial charge < -0.3 is 15.2 Å². The van der Waals surface area contributed by atoms with Crippen LogP contribution in [-0.2, 0) is 19.1 Å². The molecule has 0 bridgehead atoms. The molecule has 128 valence electrons. The number of carbonyl (C=O) groups is 4. The zero-order chi connectivity index (χ0) is 18.1. The van der Waals surface area contributed by atoms with E-state index in [1.807, 2.05) is 0 Å². The summed E-state index contributed by atoms with van der Waals surface area (Å²) in [5.41, 5.74) is -0.847. The molecule has 0 aromatic heterocycles. The summed E-state index contributed by atoms with van der Waals surface area (Å²) in [4.78, 5) is 47.8. The first-order chi connectivity index (χ1) is 10.4. The number of ether oxygens (including phenoxy) is 1. The van der Waals surface area contributed by atoms with Gasteiger partial charge in [0.15, 0.2) is 0 Å². The third-order valence-electron chi connectivity index (χ3n) is 3.49. The predicted molar refractivity (Wildman–Crippen MR) is 80.5 cm³/mol. The number of alkyl carbamates (subject to hydrolysis) is 1. The Labute approximate surface area is 134 Å². The number of aliphatic carboxylic acids is 1. The minimum atomic E-state index is -1.22. The Balaban J connectivity index is 2.78. The molecule has 1 aliphatic rings. The van der Waals surface area contributed by atoms with Crippen LogP contribution in [0.3, 0.4) is 0 Å². The van der Waals surface area contributed by atoms with Crippen molar-refractivity contribution < 1.29 is 29.0 Å². The van der Waals surface area contributed by atoms with Crippen molar-refractivity contribution in [1.29, 1.82) is 0 Å². The molecule has 0 radical (unpaired) electrons. The first-order valence-electron chi connectivity index (χ1n) is 7.14. The second-order valence-corrected chi connectivity index (χ2v) is 6.43.